The van der Waals surface area contributed by atoms with Crippen LogP contribution in [0.4, 0.5) is 0 Å². The number of methoxy groups -OCH3 is 1. The fourth-order valence-corrected chi connectivity index (χ4v) is 1.86. The number of hydrogen-bond donors (Lipinski definition) is 1. The molecular formula is C15H22N2O3. The predicted molar refractivity (Wildman–Crippen MR) is 77.9 cm³/mol. The molecule has 1 aromatic carbocycles. The second-order valence-electron chi connectivity index (χ2n) is 4.31. The lowest BCUT2D eigenvalue weighted by Gasteiger charge is -2.18. The first-order valence-corrected chi connectivity index (χ1v) is 6.80. The van der Waals surface area contributed by atoms with Gasteiger partial charge in [0.05, 0.1) is 6.61 Å². The molecule has 0 aromatic heterocycles. The van der Waals surface area contributed by atoms with E-state index in [4.69, 9.17) is 4.74 Å². The summed E-state index contributed by atoms with van der Waals surface area (Å²) in [5, 5.41) is 2.73. The maximum Gasteiger partial charge on any atom is 0.253 e. The Hall–Kier alpha value is -1.88. The summed E-state index contributed by atoms with van der Waals surface area (Å²) in [6, 6.07) is 6.78. The van der Waals surface area contributed by atoms with Crippen LogP contribution >= 0.6 is 0 Å². The molecule has 0 unspecified atom stereocenters. The second-order valence-corrected chi connectivity index (χ2v) is 4.31. The molecule has 2 amide bonds. The highest BCUT2D eigenvalue weighted by molar-refractivity contribution is 5.99. The van der Waals surface area contributed by atoms with Crippen molar-refractivity contribution < 1.29 is 14.3 Å². The minimum atomic E-state index is -0.198. The van der Waals surface area contributed by atoms with Gasteiger partial charge >= 0.3 is 0 Å². The molecule has 1 rings (SSSR count). The maximum atomic E-state index is 12.2. The lowest BCUT2D eigenvalue weighted by atomic mass is 10.1. The van der Waals surface area contributed by atoms with Gasteiger partial charge in [0.2, 0.25) is 0 Å². The monoisotopic (exact) mass is 278 g/mol. The van der Waals surface area contributed by atoms with Gasteiger partial charge in [-0.05, 0) is 32.0 Å². The van der Waals surface area contributed by atoms with Crippen LogP contribution in [0.1, 0.15) is 34.6 Å². The van der Waals surface area contributed by atoms with E-state index >= 15 is 0 Å². The fraction of sp³-hybridized carbons (Fsp3) is 0.467. The summed E-state index contributed by atoms with van der Waals surface area (Å²) in [6.07, 6.45) is 0. The molecule has 0 saturated carbocycles. The van der Waals surface area contributed by atoms with Crippen molar-refractivity contribution in [3.05, 3.63) is 35.4 Å². The van der Waals surface area contributed by atoms with E-state index in [0.717, 1.165) is 0 Å². The third-order valence-electron chi connectivity index (χ3n) is 3.01. The largest absolute Gasteiger partial charge is 0.383 e. The third kappa shape index (κ3) is 4.35. The van der Waals surface area contributed by atoms with Crippen molar-refractivity contribution in [2.45, 2.75) is 13.8 Å². The Bertz CT molecular complexity index is 456. The predicted octanol–water partition coefficient (Wildman–Crippen LogP) is 1.54. The van der Waals surface area contributed by atoms with Gasteiger partial charge in [0, 0.05) is 37.9 Å². The molecule has 0 aliphatic heterocycles. The van der Waals surface area contributed by atoms with Gasteiger partial charge in [0.15, 0.2) is 0 Å². The van der Waals surface area contributed by atoms with Crippen molar-refractivity contribution in [2.75, 3.05) is 33.4 Å². The van der Waals surface area contributed by atoms with E-state index in [2.05, 4.69) is 5.32 Å². The zero-order valence-electron chi connectivity index (χ0n) is 12.3. The van der Waals surface area contributed by atoms with Crippen molar-refractivity contribution in [3.8, 4) is 0 Å². The normalized spacial score (nSPS) is 10.2. The summed E-state index contributed by atoms with van der Waals surface area (Å²) in [4.78, 5) is 25.9. The molecule has 0 atom stereocenters. The zero-order valence-corrected chi connectivity index (χ0v) is 12.3. The molecule has 0 aliphatic rings. The fourth-order valence-electron chi connectivity index (χ4n) is 1.86. The standard InChI is InChI=1S/C15H22N2O3/c1-4-17(5-2)15(19)13-8-6-7-12(11-13)14(18)16-9-10-20-3/h6-8,11H,4-5,9-10H2,1-3H3,(H,16,18). The topological polar surface area (TPSA) is 58.6 Å². The first-order chi connectivity index (χ1) is 9.63. The van der Waals surface area contributed by atoms with Crippen molar-refractivity contribution >= 4 is 11.8 Å². The first-order valence-electron chi connectivity index (χ1n) is 6.80. The summed E-state index contributed by atoms with van der Waals surface area (Å²) >= 11 is 0. The molecule has 0 spiro atoms. The quantitative estimate of drug-likeness (QED) is 0.770. The maximum absolute atomic E-state index is 12.2. The highest BCUT2D eigenvalue weighted by Gasteiger charge is 2.14. The van der Waals surface area contributed by atoms with Crippen LogP contribution in [0.15, 0.2) is 24.3 Å². The summed E-state index contributed by atoms with van der Waals surface area (Å²) in [6.45, 7) is 6.08. The number of ether oxygens (including phenoxy) is 1. The number of amides is 2. The average molecular weight is 278 g/mol. The van der Waals surface area contributed by atoms with Crippen LogP contribution in [-0.2, 0) is 4.74 Å². The van der Waals surface area contributed by atoms with Gasteiger partial charge in [-0.25, -0.2) is 0 Å². The van der Waals surface area contributed by atoms with Crippen molar-refractivity contribution in [3.63, 3.8) is 0 Å². The van der Waals surface area contributed by atoms with Crippen molar-refractivity contribution in [1.82, 2.24) is 10.2 Å². The van der Waals surface area contributed by atoms with Gasteiger partial charge in [-0.2, -0.15) is 0 Å². The third-order valence-corrected chi connectivity index (χ3v) is 3.01. The van der Waals surface area contributed by atoms with Crippen LogP contribution in [0.5, 0.6) is 0 Å². The number of nitrogens with one attached hydrogen (secondary N) is 1. The number of rotatable bonds is 7. The molecule has 0 bridgehead atoms. The van der Waals surface area contributed by atoms with Crippen molar-refractivity contribution in [2.24, 2.45) is 0 Å². The van der Waals surface area contributed by atoms with E-state index < -0.39 is 0 Å². The Kier molecular flexibility index (Phi) is 6.73. The van der Waals surface area contributed by atoms with Gasteiger partial charge in [-0.15, -0.1) is 0 Å². The van der Waals surface area contributed by atoms with E-state index in [1.165, 1.54) is 0 Å². The average Bonchev–Trinajstić information content (AvgIpc) is 2.48. The zero-order chi connectivity index (χ0) is 15.0. The van der Waals surface area contributed by atoms with Gasteiger partial charge in [0.25, 0.3) is 11.8 Å². The highest BCUT2D eigenvalue weighted by Crippen LogP contribution is 2.08. The van der Waals surface area contributed by atoms with E-state index in [1.54, 1.807) is 36.3 Å². The van der Waals surface area contributed by atoms with Gasteiger partial charge < -0.3 is 15.0 Å². The Morgan fingerprint density at radius 1 is 1.20 bits per heavy atom. The minimum absolute atomic E-state index is 0.0541. The van der Waals surface area contributed by atoms with Crippen LogP contribution in [0.2, 0.25) is 0 Å². The molecule has 0 aliphatic carbocycles. The molecule has 0 radical (unpaired) electrons. The molecule has 0 saturated heterocycles. The van der Waals surface area contributed by atoms with Crippen molar-refractivity contribution in [1.29, 1.82) is 0 Å². The molecule has 1 aromatic rings. The number of carbonyl (C=O) groups excluding carboxylic acids is 2. The van der Waals surface area contributed by atoms with Gasteiger partial charge in [0.1, 0.15) is 0 Å². The summed E-state index contributed by atoms with van der Waals surface area (Å²) in [5.74, 6) is -0.252. The number of carbonyl (C=O) groups is 2. The molecule has 110 valence electrons. The summed E-state index contributed by atoms with van der Waals surface area (Å²) < 4.78 is 4.88. The van der Waals surface area contributed by atoms with Crippen LogP contribution in [0.25, 0.3) is 0 Å². The van der Waals surface area contributed by atoms with Crippen LogP contribution < -0.4 is 5.32 Å². The van der Waals surface area contributed by atoms with E-state index in [-0.39, 0.29) is 11.8 Å². The number of nitrogens with zero attached hydrogens (tertiary/aromatic N) is 1. The molecule has 0 fully saturated rings. The Balaban J connectivity index is 2.79. The molecular weight excluding hydrogens is 256 g/mol. The molecule has 5 nitrogen and oxygen atoms in total. The smallest absolute Gasteiger partial charge is 0.253 e. The Morgan fingerprint density at radius 3 is 2.45 bits per heavy atom. The Morgan fingerprint density at radius 2 is 1.85 bits per heavy atom. The van der Waals surface area contributed by atoms with E-state index in [1.807, 2.05) is 13.8 Å². The van der Waals surface area contributed by atoms with Crippen LogP contribution in [0.3, 0.4) is 0 Å². The summed E-state index contributed by atoms with van der Waals surface area (Å²) in [5.41, 5.74) is 1.02. The summed E-state index contributed by atoms with van der Waals surface area (Å²) in [7, 11) is 1.58. The van der Waals surface area contributed by atoms with Gasteiger partial charge in [-0.3, -0.25) is 9.59 Å². The molecule has 0 heterocycles. The molecule has 5 heteroatoms. The van der Waals surface area contributed by atoms with Crippen LogP contribution in [0, 0.1) is 0 Å². The first kappa shape index (κ1) is 16.2. The SMILES string of the molecule is CCN(CC)C(=O)c1cccc(C(=O)NCCOC)c1. The van der Waals surface area contributed by atoms with E-state index in [9.17, 15) is 9.59 Å². The number of benzene rings is 1. The number of hydrogen-bond acceptors (Lipinski definition) is 3. The minimum Gasteiger partial charge on any atom is -0.383 e. The lowest BCUT2D eigenvalue weighted by molar-refractivity contribution is 0.0773. The Labute approximate surface area is 119 Å². The molecule has 1 N–H and O–H groups in total. The lowest BCUT2D eigenvalue weighted by Crippen LogP contribution is -2.31. The second kappa shape index (κ2) is 8.32. The highest BCUT2D eigenvalue weighted by atomic mass is 16.5. The molecule has 20 heavy (non-hydrogen) atoms. The van der Waals surface area contributed by atoms with Crippen LogP contribution in [-0.4, -0.2) is 50.1 Å². The van der Waals surface area contributed by atoms with E-state index in [0.29, 0.717) is 37.4 Å². The van der Waals surface area contributed by atoms with Gasteiger partial charge in [-0.1, -0.05) is 6.07 Å².